The fraction of sp³-hybridized carbons (Fsp3) is 0.105. The van der Waals surface area contributed by atoms with Crippen LogP contribution in [0.4, 0.5) is 5.82 Å². The number of sulfone groups is 1. The van der Waals surface area contributed by atoms with E-state index < -0.39 is 9.84 Å². The molecule has 1 heterocycles. The van der Waals surface area contributed by atoms with Gasteiger partial charge in [0.25, 0.3) is 0 Å². The van der Waals surface area contributed by atoms with Crippen molar-refractivity contribution in [3.8, 4) is 0 Å². The molecular weight excluding hydrogens is 400 g/mol. The van der Waals surface area contributed by atoms with Gasteiger partial charge in [-0.1, -0.05) is 42.5 Å². The van der Waals surface area contributed by atoms with Crippen molar-refractivity contribution in [3.05, 3.63) is 88.5 Å². The maximum atomic E-state index is 11.9. The SMILES string of the molecule is CS(=O)(=O)c1cccc(C(Nc2ccc(Br)cn2)c2ccccc2)c1. The molecule has 0 aliphatic carbocycles. The van der Waals surface area contributed by atoms with Crippen molar-refractivity contribution in [2.24, 2.45) is 0 Å². The lowest BCUT2D eigenvalue weighted by Gasteiger charge is -2.21. The number of nitrogens with one attached hydrogen (secondary N) is 1. The first-order valence-corrected chi connectivity index (χ1v) is 10.3. The van der Waals surface area contributed by atoms with E-state index in [-0.39, 0.29) is 6.04 Å². The highest BCUT2D eigenvalue weighted by Crippen LogP contribution is 2.28. The molecule has 2 aromatic carbocycles. The van der Waals surface area contributed by atoms with Crippen molar-refractivity contribution >= 4 is 31.6 Å². The van der Waals surface area contributed by atoms with Gasteiger partial charge in [0.1, 0.15) is 5.82 Å². The Morgan fingerprint density at radius 3 is 2.32 bits per heavy atom. The predicted molar refractivity (Wildman–Crippen MR) is 103 cm³/mol. The summed E-state index contributed by atoms with van der Waals surface area (Å²) in [6.07, 6.45) is 2.94. The molecule has 1 N–H and O–H groups in total. The van der Waals surface area contributed by atoms with Crippen molar-refractivity contribution in [2.45, 2.75) is 10.9 Å². The van der Waals surface area contributed by atoms with E-state index in [4.69, 9.17) is 0 Å². The minimum atomic E-state index is -3.27. The highest BCUT2D eigenvalue weighted by molar-refractivity contribution is 9.10. The van der Waals surface area contributed by atoms with Crippen LogP contribution in [0.25, 0.3) is 0 Å². The van der Waals surface area contributed by atoms with E-state index in [1.54, 1.807) is 24.4 Å². The molecular formula is C19H17BrN2O2S. The lowest BCUT2D eigenvalue weighted by molar-refractivity contribution is 0.601. The van der Waals surface area contributed by atoms with Crippen LogP contribution in [-0.4, -0.2) is 19.7 Å². The minimum Gasteiger partial charge on any atom is -0.359 e. The van der Waals surface area contributed by atoms with Gasteiger partial charge in [-0.05, 0) is 51.3 Å². The second kappa shape index (κ2) is 7.37. The molecule has 1 unspecified atom stereocenters. The van der Waals surface area contributed by atoms with E-state index in [9.17, 15) is 8.42 Å². The van der Waals surface area contributed by atoms with Gasteiger partial charge < -0.3 is 5.32 Å². The van der Waals surface area contributed by atoms with Gasteiger partial charge in [-0.15, -0.1) is 0 Å². The second-order valence-corrected chi connectivity index (χ2v) is 8.63. The van der Waals surface area contributed by atoms with Crippen LogP contribution in [0.3, 0.4) is 0 Å². The number of anilines is 1. The van der Waals surface area contributed by atoms with Crippen molar-refractivity contribution < 1.29 is 8.42 Å². The number of rotatable bonds is 5. The van der Waals surface area contributed by atoms with Crippen molar-refractivity contribution in [1.82, 2.24) is 4.98 Å². The first kappa shape index (κ1) is 17.6. The van der Waals surface area contributed by atoms with E-state index in [1.807, 2.05) is 48.5 Å². The summed E-state index contributed by atoms with van der Waals surface area (Å²) in [5.74, 6) is 0.710. The Bertz CT molecular complexity index is 958. The average Bonchev–Trinajstić information content (AvgIpc) is 2.61. The summed E-state index contributed by atoms with van der Waals surface area (Å²) in [4.78, 5) is 4.67. The highest BCUT2D eigenvalue weighted by Gasteiger charge is 2.17. The molecule has 0 fully saturated rings. The highest BCUT2D eigenvalue weighted by atomic mass is 79.9. The summed E-state index contributed by atoms with van der Waals surface area (Å²) < 4.78 is 24.7. The Morgan fingerprint density at radius 1 is 0.960 bits per heavy atom. The van der Waals surface area contributed by atoms with Gasteiger partial charge in [0, 0.05) is 16.9 Å². The van der Waals surface area contributed by atoms with E-state index >= 15 is 0 Å². The molecule has 1 atom stereocenters. The summed E-state index contributed by atoms with van der Waals surface area (Å²) in [7, 11) is -3.27. The molecule has 128 valence electrons. The molecule has 0 amide bonds. The summed E-state index contributed by atoms with van der Waals surface area (Å²) in [6.45, 7) is 0. The number of pyridine rings is 1. The Labute approximate surface area is 156 Å². The van der Waals surface area contributed by atoms with E-state index in [0.717, 1.165) is 15.6 Å². The first-order valence-electron chi connectivity index (χ1n) is 7.66. The normalized spacial score (nSPS) is 12.6. The molecule has 0 aliphatic heterocycles. The zero-order valence-electron chi connectivity index (χ0n) is 13.6. The summed E-state index contributed by atoms with van der Waals surface area (Å²) in [6, 6.07) is 20.4. The molecule has 0 saturated heterocycles. The second-order valence-electron chi connectivity index (χ2n) is 5.69. The molecule has 25 heavy (non-hydrogen) atoms. The van der Waals surface area contributed by atoms with E-state index in [0.29, 0.717) is 10.7 Å². The van der Waals surface area contributed by atoms with Crippen LogP contribution < -0.4 is 5.32 Å². The minimum absolute atomic E-state index is 0.212. The number of nitrogens with zero attached hydrogens (tertiary/aromatic N) is 1. The Balaban J connectivity index is 2.04. The van der Waals surface area contributed by atoms with Crippen molar-refractivity contribution in [2.75, 3.05) is 11.6 Å². The first-order chi connectivity index (χ1) is 11.9. The molecule has 0 aliphatic rings. The zero-order chi connectivity index (χ0) is 17.9. The number of hydrogen-bond acceptors (Lipinski definition) is 4. The van der Waals surface area contributed by atoms with Crippen LogP contribution in [0.15, 0.2) is 82.3 Å². The van der Waals surface area contributed by atoms with Crippen LogP contribution in [0, 0.1) is 0 Å². The molecule has 1 aromatic heterocycles. The molecule has 0 bridgehead atoms. The van der Waals surface area contributed by atoms with Crippen LogP contribution in [0.1, 0.15) is 17.2 Å². The molecule has 0 radical (unpaired) electrons. The Kier molecular flexibility index (Phi) is 5.20. The topological polar surface area (TPSA) is 59.1 Å². The monoisotopic (exact) mass is 416 g/mol. The summed E-state index contributed by atoms with van der Waals surface area (Å²) >= 11 is 3.38. The van der Waals surface area contributed by atoms with E-state index in [2.05, 4.69) is 26.2 Å². The third kappa shape index (κ3) is 4.46. The number of aromatic nitrogens is 1. The predicted octanol–water partition coefficient (Wildman–Crippen LogP) is 4.45. The standard InChI is InChI=1S/C19H17BrN2O2S/c1-25(23,24)17-9-5-8-15(12-17)19(14-6-3-2-4-7-14)22-18-11-10-16(20)13-21-18/h2-13,19H,1H3,(H,21,22). The zero-order valence-corrected chi connectivity index (χ0v) is 16.0. The molecule has 3 rings (SSSR count). The van der Waals surface area contributed by atoms with E-state index in [1.165, 1.54) is 6.26 Å². The van der Waals surface area contributed by atoms with Crippen LogP contribution >= 0.6 is 15.9 Å². The van der Waals surface area contributed by atoms with Crippen molar-refractivity contribution in [1.29, 1.82) is 0 Å². The van der Waals surface area contributed by atoms with Gasteiger partial charge in [-0.2, -0.15) is 0 Å². The van der Waals surface area contributed by atoms with Crippen LogP contribution in [-0.2, 0) is 9.84 Å². The van der Waals surface area contributed by atoms with Gasteiger partial charge in [0.15, 0.2) is 9.84 Å². The summed E-state index contributed by atoms with van der Waals surface area (Å²) in [5.41, 5.74) is 1.89. The quantitative estimate of drug-likeness (QED) is 0.667. The third-order valence-corrected chi connectivity index (χ3v) is 5.35. The largest absolute Gasteiger partial charge is 0.359 e. The fourth-order valence-corrected chi connectivity index (χ4v) is 3.45. The smallest absolute Gasteiger partial charge is 0.175 e. The van der Waals surface area contributed by atoms with Crippen LogP contribution in [0.5, 0.6) is 0 Å². The molecule has 4 nitrogen and oxygen atoms in total. The van der Waals surface area contributed by atoms with Gasteiger partial charge >= 0.3 is 0 Å². The Hall–Kier alpha value is -2.18. The van der Waals surface area contributed by atoms with Crippen molar-refractivity contribution in [3.63, 3.8) is 0 Å². The Morgan fingerprint density at radius 2 is 1.68 bits per heavy atom. The van der Waals surface area contributed by atoms with Gasteiger partial charge in [-0.25, -0.2) is 13.4 Å². The fourth-order valence-electron chi connectivity index (χ4n) is 2.54. The molecule has 0 spiro atoms. The lowest BCUT2D eigenvalue weighted by Crippen LogP contribution is -2.14. The summed E-state index contributed by atoms with van der Waals surface area (Å²) in [5, 5.41) is 3.39. The lowest BCUT2D eigenvalue weighted by atomic mass is 9.99. The third-order valence-electron chi connectivity index (χ3n) is 3.77. The number of benzene rings is 2. The van der Waals surface area contributed by atoms with Gasteiger partial charge in [-0.3, -0.25) is 0 Å². The van der Waals surface area contributed by atoms with Gasteiger partial charge in [0.2, 0.25) is 0 Å². The number of halogens is 1. The average molecular weight is 417 g/mol. The maximum Gasteiger partial charge on any atom is 0.175 e. The van der Waals surface area contributed by atoms with Gasteiger partial charge in [0.05, 0.1) is 10.9 Å². The van der Waals surface area contributed by atoms with Crippen LogP contribution in [0.2, 0.25) is 0 Å². The molecule has 3 aromatic rings. The molecule has 6 heteroatoms. The molecule has 0 saturated carbocycles. The maximum absolute atomic E-state index is 11.9. The number of hydrogen-bond donors (Lipinski definition) is 1.